The molecule has 0 aliphatic heterocycles. The average Bonchev–Trinajstić information content (AvgIpc) is 2.56. The highest BCUT2D eigenvalue weighted by atomic mass is 127. The van der Waals surface area contributed by atoms with Gasteiger partial charge in [0.1, 0.15) is 6.10 Å². The summed E-state index contributed by atoms with van der Waals surface area (Å²) in [5.74, 6) is -0.665. The zero-order chi connectivity index (χ0) is 19.0. The topological polar surface area (TPSA) is 78.3 Å². The van der Waals surface area contributed by atoms with E-state index in [2.05, 4.69) is 36.4 Å². The predicted octanol–water partition coefficient (Wildman–Crippen LogP) is 4.01. The fourth-order valence-electron chi connectivity index (χ4n) is 2.43. The van der Waals surface area contributed by atoms with Crippen LogP contribution in [-0.2, 0) is 9.53 Å². The van der Waals surface area contributed by atoms with Gasteiger partial charge in [-0.1, -0.05) is 32.0 Å². The molecule has 1 aromatic carbocycles. The summed E-state index contributed by atoms with van der Waals surface area (Å²) in [6, 6.07) is 7.45. The first-order valence-corrected chi connectivity index (χ1v) is 9.52. The Morgan fingerprint density at radius 1 is 1.28 bits per heavy atom. The molecule has 1 rings (SSSR count). The minimum atomic E-state index is -3.01. The third-order valence-corrected chi connectivity index (χ3v) is 5.05. The van der Waals surface area contributed by atoms with E-state index in [-0.39, 0.29) is 19.4 Å². The molecule has 2 unspecified atom stereocenters. The molecular formula is C18H27F2IN2O2. The molecule has 7 heteroatoms. The number of ether oxygens (including phenoxy) is 1. The number of benzene rings is 1. The number of carbonyl (C=O) groups is 1. The van der Waals surface area contributed by atoms with Crippen molar-refractivity contribution in [2.45, 2.75) is 57.6 Å². The number of halogens is 3. The van der Waals surface area contributed by atoms with Crippen molar-refractivity contribution in [3.05, 3.63) is 33.4 Å². The smallest absolute Gasteiger partial charge is 0.332 e. The number of alkyl halides is 2. The zero-order valence-corrected chi connectivity index (χ0v) is 16.8. The molecule has 0 saturated heterocycles. The Balaban J connectivity index is 3.02. The monoisotopic (exact) mass is 468 g/mol. The molecule has 0 bridgehead atoms. The molecule has 0 amide bonds. The van der Waals surface area contributed by atoms with Crippen LogP contribution in [0.4, 0.5) is 8.78 Å². The lowest BCUT2D eigenvalue weighted by Crippen LogP contribution is -2.55. The minimum absolute atomic E-state index is 0.187. The van der Waals surface area contributed by atoms with E-state index in [4.69, 9.17) is 16.2 Å². The van der Waals surface area contributed by atoms with Crippen molar-refractivity contribution in [3.63, 3.8) is 0 Å². The van der Waals surface area contributed by atoms with E-state index in [1.54, 1.807) is 0 Å². The van der Waals surface area contributed by atoms with E-state index < -0.39 is 24.0 Å². The Morgan fingerprint density at radius 2 is 1.92 bits per heavy atom. The fourth-order valence-corrected chi connectivity index (χ4v) is 3.17. The maximum atomic E-state index is 13.4. The molecule has 0 saturated carbocycles. The second-order valence-electron chi connectivity index (χ2n) is 6.62. The van der Waals surface area contributed by atoms with Crippen molar-refractivity contribution in [3.8, 4) is 0 Å². The highest BCUT2D eigenvalue weighted by Crippen LogP contribution is 2.31. The van der Waals surface area contributed by atoms with E-state index in [0.717, 1.165) is 15.6 Å². The SMILES string of the molecule is CC(C)CCC(OC(=O)C(N)(CCCN)C(F)F)c1ccccc1I. The van der Waals surface area contributed by atoms with Crippen LogP contribution in [0.1, 0.15) is 51.2 Å². The summed E-state index contributed by atoms with van der Waals surface area (Å²) in [4.78, 5) is 12.5. The van der Waals surface area contributed by atoms with Gasteiger partial charge >= 0.3 is 5.97 Å². The maximum Gasteiger partial charge on any atom is 0.332 e. The lowest BCUT2D eigenvalue weighted by molar-refractivity contribution is -0.163. The largest absolute Gasteiger partial charge is 0.456 e. The first kappa shape index (κ1) is 22.2. The summed E-state index contributed by atoms with van der Waals surface area (Å²) >= 11 is 2.15. The van der Waals surface area contributed by atoms with Gasteiger partial charge in [-0.25, -0.2) is 13.6 Å². The van der Waals surface area contributed by atoms with E-state index in [9.17, 15) is 13.6 Å². The van der Waals surface area contributed by atoms with Gasteiger partial charge in [0, 0.05) is 9.13 Å². The van der Waals surface area contributed by atoms with Crippen molar-refractivity contribution >= 4 is 28.6 Å². The van der Waals surface area contributed by atoms with Crippen LogP contribution in [0.2, 0.25) is 0 Å². The summed E-state index contributed by atoms with van der Waals surface area (Å²) in [6.45, 7) is 4.30. The van der Waals surface area contributed by atoms with Gasteiger partial charge in [0.05, 0.1) is 0 Å². The molecule has 1 aromatic rings. The van der Waals surface area contributed by atoms with Crippen LogP contribution in [0, 0.1) is 9.49 Å². The molecule has 0 fully saturated rings. The molecule has 0 radical (unpaired) electrons. The van der Waals surface area contributed by atoms with Gasteiger partial charge in [-0.15, -0.1) is 0 Å². The first-order chi connectivity index (χ1) is 11.7. The fraction of sp³-hybridized carbons (Fsp3) is 0.611. The Hall–Kier alpha value is -0.800. The lowest BCUT2D eigenvalue weighted by Gasteiger charge is -2.29. The van der Waals surface area contributed by atoms with Crippen molar-refractivity contribution in [1.82, 2.24) is 0 Å². The van der Waals surface area contributed by atoms with Gasteiger partial charge in [0.2, 0.25) is 0 Å². The average molecular weight is 468 g/mol. The van der Waals surface area contributed by atoms with Crippen molar-refractivity contribution < 1.29 is 18.3 Å². The molecule has 0 aliphatic rings. The van der Waals surface area contributed by atoms with E-state index >= 15 is 0 Å². The Morgan fingerprint density at radius 3 is 2.44 bits per heavy atom. The summed E-state index contributed by atoms with van der Waals surface area (Å²) in [6.07, 6.45) is -2.22. The molecule has 142 valence electrons. The van der Waals surface area contributed by atoms with Gasteiger partial charge in [0.25, 0.3) is 6.43 Å². The second kappa shape index (κ2) is 10.4. The molecule has 0 aromatic heterocycles. The number of rotatable bonds is 10. The highest BCUT2D eigenvalue weighted by Gasteiger charge is 2.45. The van der Waals surface area contributed by atoms with E-state index in [0.29, 0.717) is 12.3 Å². The Bertz CT molecular complexity index is 558. The molecular weight excluding hydrogens is 441 g/mol. The zero-order valence-electron chi connectivity index (χ0n) is 14.7. The van der Waals surface area contributed by atoms with Gasteiger partial charge in [-0.3, -0.25) is 0 Å². The summed E-state index contributed by atoms with van der Waals surface area (Å²) in [7, 11) is 0. The Labute approximate surface area is 161 Å². The van der Waals surface area contributed by atoms with Gasteiger partial charge in [-0.05, 0) is 66.8 Å². The van der Waals surface area contributed by atoms with Crippen molar-refractivity contribution in [1.29, 1.82) is 0 Å². The van der Waals surface area contributed by atoms with Gasteiger partial charge in [0.15, 0.2) is 5.54 Å². The van der Waals surface area contributed by atoms with Crippen LogP contribution in [0.5, 0.6) is 0 Å². The van der Waals surface area contributed by atoms with Crippen molar-refractivity contribution in [2.24, 2.45) is 17.4 Å². The van der Waals surface area contributed by atoms with E-state index in [1.165, 1.54) is 0 Å². The normalized spacial score (nSPS) is 15.2. The lowest BCUT2D eigenvalue weighted by atomic mass is 9.94. The number of hydrogen-bond donors (Lipinski definition) is 2. The molecule has 4 N–H and O–H groups in total. The number of hydrogen-bond acceptors (Lipinski definition) is 4. The van der Waals surface area contributed by atoms with Crippen LogP contribution in [-0.4, -0.2) is 24.5 Å². The highest BCUT2D eigenvalue weighted by molar-refractivity contribution is 14.1. The molecule has 0 spiro atoms. The quantitative estimate of drug-likeness (QED) is 0.402. The predicted molar refractivity (Wildman–Crippen MR) is 103 cm³/mol. The van der Waals surface area contributed by atoms with Crippen LogP contribution in [0.15, 0.2) is 24.3 Å². The van der Waals surface area contributed by atoms with Crippen LogP contribution < -0.4 is 11.5 Å². The molecule has 25 heavy (non-hydrogen) atoms. The standard InChI is InChI=1S/C18H27F2IN2O2/c1-12(2)8-9-15(13-6-3-4-7-14(13)21)25-17(24)18(23,16(19)20)10-5-11-22/h3-4,6-7,12,15-16H,5,8-11,22-23H2,1-2H3. The number of carbonyl (C=O) groups excluding carboxylic acids is 1. The maximum absolute atomic E-state index is 13.4. The molecule has 0 heterocycles. The molecule has 2 atom stereocenters. The minimum Gasteiger partial charge on any atom is -0.456 e. The van der Waals surface area contributed by atoms with E-state index in [1.807, 2.05) is 24.3 Å². The van der Waals surface area contributed by atoms with Gasteiger partial charge < -0.3 is 16.2 Å². The van der Waals surface area contributed by atoms with Crippen LogP contribution in [0.3, 0.4) is 0 Å². The third kappa shape index (κ3) is 6.45. The van der Waals surface area contributed by atoms with Crippen LogP contribution >= 0.6 is 22.6 Å². The Kier molecular flexibility index (Phi) is 9.23. The molecule has 0 aliphatic carbocycles. The van der Waals surface area contributed by atoms with Crippen LogP contribution in [0.25, 0.3) is 0 Å². The van der Waals surface area contributed by atoms with Crippen molar-refractivity contribution in [2.75, 3.05) is 6.54 Å². The number of nitrogens with two attached hydrogens (primary N) is 2. The summed E-state index contributed by atoms with van der Waals surface area (Å²) in [5, 5.41) is 0. The van der Waals surface area contributed by atoms with Gasteiger partial charge in [-0.2, -0.15) is 0 Å². The first-order valence-electron chi connectivity index (χ1n) is 8.45. The number of esters is 1. The molecule has 4 nitrogen and oxygen atoms in total. The summed E-state index contributed by atoms with van der Waals surface area (Å²) in [5.41, 5.74) is 9.57. The second-order valence-corrected chi connectivity index (χ2v) is 7.78. The third-order valence-electron chi connectivity index (χ3n) is 4.07. The summed E-state index contributed by atoms with van der Waals surface area (Å²) < 4.78 is 33.3.